The third kappa shape index (κ3) is 6.85. The van der Waals surface area contributed by atoms with Gasteiger partial charge in [-0.2, -0.15) is 4.31 Å². The summed E-state index contributed by atoms with van der Waals surface area (Å²) in [7, 11) is -3.61. The van der Waals surface area contributed by atoms with Gasteiger partial charge in [0, 0.05) is 24.3 Å². The lowest BCUT2D eigenvalue weighted by Gasteiger charge is -2.31. The van der Waals surface area contributed by atoms with Gasteiger partial charge in [-0.05, 0) is 73.6 Å². The number of carbonyl (C=O) groups is 1. The predicted octanol–water partition coefficient (Wildman–Crippen LogP) is 6.68. The van der Waals surface area contributed by atoms with Crippen molar-refractivity contribution in [3.05, 3.63) is 87.9 Å². The van der Waals surface area contributed by atoms with E-state index in [4.69, 9.17) is 27.9 Å². The Morgan fingerprint density at radius 2 is 1.62 bits per heavy atom. The lowest BCUT2D eigenvalue weighted by Crippen LogP contribution is -2.38. The summed E-state index contributed by atoms with van der Waals surface area (Å²) in [5.41, 5.74) is 2.02. The summed E-state index contributed by atoms with van der Waals surface area (Å²) in [6.45, 7) is 3.43. The Balaban J connectivity index is 1.36. The summed E-state index contributed by atoms with van der Waals surface area (Å²) in [5.74, 6) is 0.406. The molecule has 0 bridgehead atoms. The van der Waals surface area contributed by atoms with Gasteiger partial charge in [-0.3, -0.25) is 4.79 Å². The zero-order valence-corrected chi connectivity index (χ0v) is 23.0. The Morgan fingerprint density at radius 3 is 2.22 bits per heavy atom. The number of halogens is 2. The Kier molecular flexibility index (Phi) is 9.13. The zero-order valence-electron chi connectivity index (χ0n) is 20.6. The Labute approximate surface area is 228 Å². The molecule has 6 nitrogen and oxygen atoms in total. The van der Waals surface area contributed by atoms with Crippen molar-refractivity contribution in [1.29, 1.82) is 0 Å². The summed E-state index contributed by atoms with van der Waals surface area (Å²) in [4.78, 5) is 12.9. The number of ether oxygens (including phenoxy) is 1. The number of piperidine rings is 1. The van der Waals surface area contributed by atoms with Gasteiger partial charge in [0.05, 0.1) is 21.5 Å². The molecule has 1 N–H and O–H groups in total. The van der Waals surface area contributed by atoms with E-state index in [0.717, 1.165) is 25.7 Å². The molecule has 0 unspecified atom stereocenters. The fourth-order valence-corrected chi connectivity index (χ4v) is 6.46. The van der Waals surface area contributed by atoms with Gasteiger partial charge in [-0.25, -0.2) is 8.42 Å². The van der Waals surface area contributed by atoms with Crippen molar-refractivity contribution in [2.24, 2.45) is 5.92 Å². The maximum absolute atomic E-state index is 13.2. The van der Waals surface area contributed by atoms with Gasteiger partial charge in [0.25, 0.3) is 5.91 Å². The minimum atomic E-state index is -3.61. The van der Waals surface area contributed by atoms with E-state index in [2.05, 4.69) is 17.4 Å². The zero-order chi connectivity index (χ0) is 26.4. The third-order valence-corrected chi connectivity index (χ3v) is 8.88. The van der Waals surface area contributed by atoms with Crippen LogP contribution in [0.1, 0.15) is 42.1 Å². The first-order chi connectivity index (χ1) is 17.8. The number of carbonyl (C=O) groups excluding carboxylic acids is 1. The standard InChI is InChI=1S/C28H30Cl2N2O4S/c1-2-16-36-27-25(29)18-22(19-26(27)30)28(33)31-23-8-10-24(11-9-23)37(34,35)32-14-12-21(13-15-32)17-20-6-4-3-5-7-20/h3-11,18-19,21H,2,12-17H2,1H3,(H,31,33). The molecule has 3 aromatic rings. The molecule has 37 heavy (non-hydrogen) atoms. The van der Waals surface area contributed by atoms with E-state index in [1.165, 1.54) is 29.8 Å². The molecule has 9 heteroatoms. The summed E-state index contributed by atoms with van der Waals surface area (Å²) in [6, 6.07) is 19.5. The number of anilines is 1. The van der Waals surface area contributed by atoms with Crippen molar-refractivity contribution in [1.82, 2.24) is 4.31 Å². The van der Waals surface area contributed by atoms with Gasteiger partial charge in [0.1, 0.15) is 0 Å². The number of hydrogen-bond donors (Lipinski definition) is 1. The highest BCUT2D eigenvalue weighted by Gasteiger charge is 2.29. The largest absolute Gasteiger partial charge is 0.490 e. The van der Waals surface area contributed by atoms with Crippen LogP contribution in [-0.4, -0.2) is 38.3 Å². The van der Waals surface area contributed by atoms with Crippen LogP contribution in [0.25, 0.3) is 0 Å². The monoisotopic (exact) mass is 560 g/mol. The Morgan fingerprint density at radius 1 is 1.00 bits per heavy atom. The molecule has 0 saturated carbocycles. The van der Waals surface area contributed by atoms with Gasteiger partial charge < -0.3 is 10.1 Å². The van der Waals surface area contributed by atoms with Crippen LogP contribution >= 0.6 is 23.2 Å². The average Bonchev–Trinajstić information content (AvgIpc) is 2.89. The first-order valence-corrected chi connectivity index (χ1v) is 14.5. The SMILES string of the molecule is CCCOc1c(Cl)cc(C(=O)Nc2ccc(S(=O)(=O)N3CCC(Cc4ccccc4)CC3)cc2)cc1Cl. The number of amides is 1. The van der Waals surface area contributed by atoms with Crippen molar-refractivity contribution in [2.75, 3.05) is 25.0 Å². The van der Waals surface area contributed by atoms with E-state index in [1.54, 1.807) is 16.4 Å². The second kappa shape index (κ2) is 12.3. The second-order valence-electron chi connectivity index (χ2n) is 9.13. The number of sulfonamides is 1. The number of nitrogens with one attached hydrogen (secondary N) is 1. The van der Waals surface area contributed by atoms with Crippen LogP contribution in [-0.2, 0) is 16.4 Å². The number of hydrogen-bond acceptors (Lipinski definition) is 4. The lowest BCUT2D eigenvalue weighted by molar-refractivity contribution is 0.102. The smallest absolute Gasteiger partial charge is 0.255 e. The van der Waals surface area contributed by atoms with Gasteiger partial charge in [-0.15, -0.1) is 0 Å². The maximum Gasteiger partial charge on any atom is 0.255 e. The van der Waals surface area contributed by atoms with E-state index in [1.807, 2.05) is 25.1 Å². The molecule has 1 aliphatic rings. The van der Waals surface area contributed by atoms with Crippen LogP contribution in [0.4, 0.5) is 5.69 Å². The quantitative estimate of drug-likeness (QED) is 0.316. The van der Waals surface area contributed by atoms with Crippen LogP contribution < -0.4 is 10.1 Å². The molecule has 0 atom stereocenters. The van der Waals surface area contributed by atoms with Crippen molar-refractivity contribution >= 4 is 44.8 Å². The van der Waals surface area contributed by atoms with Crippen LogP contribution in [0.2, 0.25) is 10.0 Å². The summed E-state index contributed by atoms with van der Waals surface area (Å²) in [5, 5.41) is 3.26. The molecule has 1 heterocycles. The number of rotatable bonds is 9. The summed E-state index contributed by atoms with van der Waals surface area (Å²) < 4.78 is 33.5. The van der Waals surface area contributed by atoms with Gasteiger partial charge in [0.15, 0.2) is 5.75 Å². The van der Waals surface area contributed by atoms with Crippen LogP contribution in [0.3, 0.4) is 0 Å². The van der Waals surface area contributed by atoms with Gasteiger partial charge >= 0.3 is 0 Å². The Bertz CT molecular complexity index is 1300. The van der Waals surface area contributed by atoms with Crippen molar-refractivity contribution in [3.8, 4) is 5.75 Å². The van der Waals surface area contributed by atoms with E-state index in [-0.39, 0.29) is 20.5 Å². The molecular formula is C28H30Cl2N2O4S. The lowest BCUT2D eigenvalue weighted by atomic mass is 9.91. The van der Waals surface area contributed by atoms with E-state index < -0.39 is 15.9 Å². The molecule has 1 fully saturated rings. The van der Waals surface area contributed by atoms with E-state index in [9.17, 15) is 13.2 Å². The Hall–Kier alpha value is -2.58. The topological polar surface area (TPSA) is 75.7 Å². The molecule has 1 amide bonds. The highest BCUT2D eigenvalue weighted by molar-refractivity contribution is 7.89. The molecule has 1 saturated heterocycles. The van der Waals surface area contributed by atoms with Crippen molar-refractivity contribution in [3.63, 3.8) is 0 Å². The van der Waals surface area contributed by atoms with Crippen molar-refractivity contribution in [2.45, 2.75) is 37.5 Å². The summed E-state index contributed by atoms with van der Waals surface area (Å²) >= 11 is 12.5. The molecular weight excluding hydrogens is 531 g/mol. The highest BCUT2D eigenvalue weighted by Crippen LogP contribution is 2.34. The van der Waals surface area contributed by atoms with Crippen LogP contribution in [0, 0.1) is 5.92 Å². The molecule has 0 spiro atoms. The first kappa shape index (κ1) is 27.5. The van der Waals surface area contributed by atoms with Crippen LogP contribution in [0.5, 0.6) is 5.75 Å². The molecule has 3 aromatic carbocycles. The van der Waals surface area contributed by atoms with E-state index in [0.29, 0.717) is 37.1 Å². The number of nitrogens with zero attached hydrogens (tertiary/aromatic N) is 1. The molecule has 0 aromatic heterocycles. The maximum atomic E-state index is 13.2. The normalized spacial score (nSPS) is 14.9. The molecule has 196 valence electrons. The minimum Gasteiger partial charge on any atom is -0.490 e. The van der Waals surface area contributed by atoms with Gasteiger partial charge in [-0.1, -0.05) is 60.5 Å². The number of benzene rings is 3. The third-order valence-electron chi connectivity index (χ3n) is 6.40. The minimum absolute atomic E-state index is 0.204. The fourth-order valence-electron chi connectivity index (χ4n) is 4.40. The van der Waals surface area contributed by atoms with Gasteiger partial charge in [0.2, 0.25) is 10.0 Å². The highest BCUT2D eigenvalue weighted by atomic mass is 35.5. The average molecular weight is 562 g/mol. The second-order valence-corrected chi connectivity index (χ2v) is 11.9. The molecule has 0 radical (unpaired) electrons. The van der Waals surface area contributed by atoms with Crippen LogP contribution in [0.15, 0.2) is 71.6 Å². The molecule has 1 aliphatic heterocycles. The first-order valence-electron chi connectivity index (χ1n) is 12.3. The fraction of sp³-hybridized carbons (Fsp3) is 0.321. The van der Waals surface area contributed by atoms with Crippen molar-refractivity contribution < 1.29 is 17.9 Å². The molecule has 4 rings (SSSR count). The predicted molar refractivity (Wildman–Crippen MR) is 148 cm³/mol. The molecule has 0 aliphatic carbocycles. The summed E-state index contributed by atoms with van der Waals surface area (Å²) in [6.07, 6.45) is 3.42. The van der Waals surface area contributed by atoms with E-state index >= 15 is 0 Å².